The molecule has 3 aliphatic carbocycles. The van der Waals surface area contributed by atoms with Crippen LogP contribution in [0, 0.1) is 24.7 Å². The van der Waals surface area contributed by atoms with Crippen molar-refractivity contribution < 1.29 is 19.1 Å². The van der Waals surface area contributed by atoms with Crippen molar-refractivity contribution in [2.24, 2.45) is 17.8 Å². The number of pyridine rings is 2. The number of hydrogen-bond donors (Lipinski definition) is 0. The Hall–Kier alpha value is -3.33. The summed E-state index contributed by atoms with van der Waals surface area (Å²) >= 11 is 1.76. The lowest BCUT2D eigenvalue weighted by molar-refractivity contribution is -0.147. The molecule has 3 heterocycles. The number of rotatable bonds is 9. The number of hydrogen-bond acceptors (Lipinski definition) is 8. The number of aromatic nitrogens is 3. The number of anilines is 1. The van der Waals surface area contributed by atoms with E-state index >= 15 is 0 Å². The molecule has 228 valence electrons. The number of esters is 1. The summed E-state index contributed by atoms with van der Waals surface area (Å²) in [5.41, 5.74) is 3.12. The lowest BCUT2D eigenvalue weighted by atomic mass is 9.79. The number of amides is 1. The Balaban J connectivity index is 1.19. The van der Waals surface area contributed by atoms with Gasteiger partial charge in [0.1, 0.15) is 11.6 Å². The zero-order valence-corrected chi connectivity index (χ0v) is 26.3. The molecule has 3 aromatic rings. The minimum Gasteiger partial charge on any atom is -0.495 e. The summed E-state index contributed by atoms with van der Waals surface area (Å²) < 4.78 is 10.4. The summed E-state index contributed by atoms with van der Waals surface area (Å²) in [5.74, 6) is 2.72. The SMILES string of the molecule is COC(=O)C1CCC(C(=O)N(CC2CCC(c3ccc(OC)c(C)n3)CC2)c2cc(-c3cnc(C4CC4)s3)ccn2)CC1. The zero-order chi connectivity index (χ0) is 29.9. The van der Waals surface area contributed by atoms with Crippen LogP contribution in [0.3, 0.4) is 0 Å². The second-order valence-electron chi connectivity index (χ2n) is 12.5. The third-order valence-corrected chi connectivity index (χ3v) is 10.8. The Morgan fingerprint density at radius 1 is 0.907 bits per heavy atom. The number of ether oxygens (including phenoxy) is 2. The van der Waals surface area contributed by atoms with Gasteiger partial charge in [0.05, 0.1) is 35.7 Å². The van der Waals surface area contributed by atoms with Crippen LogP contribution in [0.4, 0.5) is 5.82 Å². The molecule has 0 N–H and O–H groups in total. The highest BCUT2D eigenvalue weighted by Gasteiger charge is 2.35. The first kappa shape index (κ1) is 29.7. The van der Waals surface area contributed by atoms with E-state index in [0.29, 0.717) is 55.8 Å². The van der Waals surface area contributed by atoms with Crippen LogP contribution in [0.15, 0.2) is 36.7 Å². The molecule has 0 spiro atoms. The predicted molar refractivity (Wildman–Crippen MR) is 167 cm³/mol. The van der Waals surface area contributed by atoms with E-state index in [1.807, 2.05) is 36.4 Å². The van der Waals surface area contributed by atoms with E-state index in [9.17, 15) is 9.59 Å². The Bertz CT molecular complexity index is 1440. The quantitative estimate of drug-likeness (QED) is 0.242. The molecule has 43 heavy (non-hydrogen) atoms. The van der Waals surface area contributed by atoms with Gasteiger partial charge < -0.3 is 9.47 Å². The molecule has 3 fully saturated rings. The fraction of sp³-hybridized carbons (Fsp3) is 0.559. The van der Waals surface area contributed by atoms with Crippen molar-refractivity contribution in [1.29, 1.82) is 0 Å². The van der Waals surface area contributed by atoms with Crippen LogP contribution < -0.4 is 9.64 Å². The van der Waals surface area contributed by atoms with Crippen molar-refractivity contribution in [3.05, 3.63) is 53.1 Å². The van der Waals surface area contributed by atoms with E-state index in [4.69, 9.17) is 19.4 Å². The first-order chi connectivity index (χ1) is 20.9. The van der Waals surface area contributed by atoms with Gasteiger partial charge in [0.25, 0.3) is 0 Å². The second kappa shape index (κ2) is 13.1. The molecular formula is C34H42N4O4S. The third kappa shape index (κ3) is 6.77. The summed E-state index contributed by atoms with van der Waals surface area (Å²) in [4.78, 5) is 43.6. The standard InChI is InChI=1S/C34H42N4O4S/c1-21-29(41-2)15-14-28(37-21)23-6-4-22(5-7-23)20-38(33(39)25-10-12-26(13-11-25)34(40)42-3)31-18-27(16-17-35-31)30-19-36-32(43-30)24-8-9-24/h14-19,22-26H,4-13,20H2,1-3H3. The topological polar surface area (TPSA) is 94.5 Å². The van der Waals surface area contributed by atoms with Crippen LogP contribution in [-0.4, -0.2) is 47.6 Å². The van der Waals surface area contributed by atoms with Crippen molar-refractivity contribution in [1.82, 2.24) is 15.0 Å². The van der Waals surface area contributed by atoms with Gasteiger partial charge in [-0.1, -0.05) is 0 Å². The number of nitrogens with zero attached hydrogens (tertiary/aromatic N) is 4. The highest BCUT2D eigenvalue weighted by Crippen LogP contribution is 2.44. The number of methoxy groups -OCH3 is 2. The normalized spacial score (nSPS) is 23.9. The Kier molecular flexibility index (Phi) is 9.07. The molecule has 0 saturated heterocycles. The monoisotopic (exact) mass is 602 g/mol. The number of carbonyl (C=O) groups is 2. The molecule has 0 bridgehead atoms. The number of carbonyl (C=O) groups excluding carboxylic acids is 2. The van der Waals surface area contributed by atoms with Gasteiger partial charge in [0.2, 0.25) is 5.91 Å². The molecule has 1 amide bonds. The Morgan fingerprint density at radius 2 is 1.63 bits per heavy atom. The second-order valence-corrected chi connectivity index (χ2v) is 13.6. The van der Waals surface area contributed by atoms with Crippen molar-refractivity contribution in [2.75, 3.05) is 25.7 Å². The van der Waals surface area contributed by atoms with Gasteiger partial charge in [-0.15, -0.1) is 11.3 Å². The first-order valence-corrected chi connectivity index (χ1v) is 16.6. The summed E-state index contributed by atoms with van der Waals surface area (Å²) in [5, 5.41) is 1.21. The number of thiazole rings is 1. The maximum absolute atomic E-state index is 14.2. The molecule has 8 nitrogen and oxygen atoms in total. The molecule has 3 saturated carbocycles. The van der Waals surface area contributed by atoms with Gasteiger partial charge in [0.15, 0.2) is 0 Å². The molecule has 3 aliphatic rings. The molecule has 0 atom stereocenters. The van der Waals surface area contributed by atoms with Gasteiger partial charge in [-0.3, -0.25) is 19.5 Å². The van der Waals surface area contributed by atoms with Crippen LogP contribution >= 0.6 is 11.3 Å². The van der Waals surface area contributed by atoms with Crippen LogP contribution in [0.2, 0.25) is 0 Å². The average molecular weight is 603 g/mol. The number of aryl methyl sites for hydroxylation is 1. The maximum Gasteiger partial charge on any atom is 0.308 e. The highest BCUT2D eigenvalue weighted by atomic mass is 32.1. The summed E-state index contributed by atoms with van der Waals surface area (Å²) in [6.07, 6.45) is 13.2. The molecule has 0 aromatic carbocycles. The molecule has 0 radical (unpaired) electrons. The van der Waals surface area contributed by atoms with Crippen LogP contribution in [-0.2, 0) is 14.3 Å². The minimum absolute atomic E-state index is 0.110. The zero-order valence-electron chi connectivity index (χ0n) is 25.5. The van der Waals surface area contributed by atoms with Gasteiger partial charge in [-0.2, -0.15) is 0 Å². The fourth-order valence-electron chi connectivity index (χ4n) is 6.83. The van der Waals surface area contributed by atoms with Crippen molar-refractivity contribution >= 4 is 29.0 Å². The molecule has 3 aromatic heterocycles. The lowest BCUT2D eigenvalue weighted by Gasteiger charge is -2.35. The summed E-state index contributed by atoms with van der Waals surface area (Å²) in [6.45, 7) is 2.65. The van der Waals surface area contributed by atoms with Gasteiger partial charge in [0, 0.05) is 42.4 Å². The molecule has 6 rings (SSSR count). The van der Waals surface area contributed by atoms with E-state index < -0.39 is 0 Å². The van der Waals surface area contributed by atoms with Crippen LogP contribution in [0.25, 0.3) is 10.4 Å². The van der Waals surface area contributed by atoms with Gasteiger partial charge in [-0.25, -0.2) is 9.97 Å². The van der Waals surface area contributed by atoms with Crippen LogP contribution in [0.1, 0.15) is 92.4 Å². The average Bonchev–Trinajstić information content (AvgIpc) is 3.79. The van der Waals surface area contributed by atoms with Gasteiger partial charge >= 0.3 is 5.97 Å². The highest BCUT2D eigenvalue weighted by molar-refractivity contribution is 7.15. The van der Waals surface area contributed by atoms with Crippen molar-refractivity contribution in [3.63, 3.8) is 0 Å². The third-order valence-electron chi connectivity index (χ3n) is 9.62. The Labute approximate surface area is 258 Å². The summed E-state index contributed by atoms with van der Waals surface area (Å²) in [6, 6.07) is 8.21. The van der Waals surface area contributed by atoms with E-state index in [1.165, 1.54) is 25.0 Å². The van der Waals surface area contributed by atoms with E-state index in [0.717, 1.165) is 53.3 Å². The fourth-order valence-corrected chi connectivity index (χ4v) is 7.91. The lowest BCUT2D eigenvalue weighted by Crippen LogP contribution is -2.42. The smallest absolute Gasteiger partial charge is 0.308 e. The maximum atomic E-state index is 14.2. The first-order valence-electron chi connectivity index (χ1n) is 15.8. The van der Waals surface area contributed by atoms with Crippen molar-refractivity contribution in [3.8, 4) is 16.2 Å². The van der Waals surface area contributed by atoms with Crippen LogP contribution in [0.5, 0.6) is 5.75 Å². The molecule has 0 aliphatic heterocycles. The van der Waals surface area contributed by atoms with E-state index in [1.54, 1.807) is 18.4 Å². The van der Waals surface area contributed by atoms with E-state index in [2.05, 4.69) is 17.1 Å². The molecular weight excluding hydrogens is 560 g/mol. The molecule has 9 heteroatoms. The minimum atomic E-state index is -0.162. The predicted octanol–water partition coefficient (Wildman–Crippen LogP) is 7.08. The van der Waals surface area contributed by atoms with Gasteiger partial charge in [-0.05, 0) is 107 Å². The molecule has 0 unspecified atom stereocenters. The van der Waals surface area contributed by atoms with E-state index in [-0.39, 0.29) is 23.7 Å². The van der Waals surface area contributed by atoms with Crippen molar-refractivity contribution in [2.45, 2.75) is 83.0 Å². The largest absolute Gasteiger partial charge is 0.495 e. The summed E-state index contributed by atoms with van der Waals surface area (Å²) in [7, 11) is 3.12. The Morgan fingerprint density at radius 3 is 2.30 bits per heavy atom.